The van der Waals surface area contributed by atoms with Gasteiger partial charge in [-0.05, 0) is 49.9 Å². The summed E-state index contributed by atoms with van der Waals surface area (Å²) in [6.45, 7) is 5.31. The number of nitrogens with zero attached hydrogens (tertiary/aromatic N) is 2. The minimum Gasteiger partial charge on any atom is -0.376 e. The number of thiazole rings is 1. The topological polar surface area (TPSA) is 42.4 Å². The first-order valence-electron chi connectivity index (χ1n) is 8.69. The Kier molecular flexibility index (Phi) is 5.45. The largest absolute Gasteiger partial charge is 0.376 e. The van der Waals surface area contributed by atoms with Gasteiger partial charge in [0.25, 0.3) is 5.91 Å². The lowest BCUT2D eigenvalue weighted by Gasteiger charge is -2.22. The normalized spacial score (nSPS) is 17.0. The molecule has 4 rings (SSSR count). The molecule has 8 heteroatoms. The molecular weight excluding hydrogens is 423 g/mol. The molecule has 1 amide bonds. The number of aryl methyl sites for hydroxylation is 2. The lowest BCUT2D eigenvalue weighted by Crippen LogP contribution is -2.37. The summed E-state index contributed by atoms with van der Waals surface area (Å²) in [4.78, 5) is 19.8. The highest BCUT2D eigenvalue weighted by atomic mass is 35.5. The third-order valence-electron chi connectivity index (χ3n) is 4.85. The summed E-state index contributed by atoms with van der Waals surface area (Å²) in [7, 11) is 0. The van der Waals surface area contributed by atoms with Crippen molar-refractivity contribution in [2.45, 2.75) is 32.8 Å². The third-order valence-corrected chi connectivity index (χ3v) is 7.38. The fraction of sp³-hybridized carbons (Fsp3) is 0.368. The Balaban J connectivity index is 1.76. The van der Waals surface area contributed by atoms with Crippen LogP contribution in [-0.2, 0) is 4.74 Å². The summed E-state index contributed by atoms with van der Waals surface area (Å²) in [6.07, 6.45) is 1.96. The SMILES string of the molecule is Cc1ccc2sc(N(CC3CCCO3)C(=O)c3cc(Cl)sc3Cl)nc2c1C. The smallest absolute Gasteiger partial charge is 0.262 e. The average molecular weight is 441 g/mol. The fourth-order valence-corrected chi connectivity index (χ4v) is 5.68. The maximum absolute atomic E-state index is 13.3. The van der Waals surface area contributed by atoms with Crippen LogP contribution in [0.4, 0.5) is 5.13 Å². The first-order valence-corrected chi connectivity index (χ1v) is 11.1. The van der Waals surface area contributed by atoms with E-state index in [-0.39, 0.29) is 12.0 Å². The molecule has 1 aliphatic heterocycles. The molecule has 2 aromatic heterocycles. The highest BCUT2D eigenvalue weighted by molar-refractivity contribution is 7.22. The Hall–Kier alpha value is -1.18. The van der Waals surface area contributed by atoms with Crippen LogP contribution in [0.15, 0.2) is 18.2 Å². The highest BCUT2D eigenvalue weighted by Crippen LogP contribution is 2.36. The van der Waals surface area contributed by atoms with Gasteiger partial charge in [0.05, 0.1) is 32.8 Å². The van der Waals surface area contributed by atoms with Crippen LogP contribution in [0.25, 0.3) is 10.2 Å². The lowest BCUT2D eigenvalue weighted by atomic mass is 10.1. The number of hydrogen-bond donors (Lipinski definition) is 0. The van der Waals surface area contributed by atoms with E-state index in [0.29, 0.717) is 25.9 Å². The monoisotopic (exact) mass is 440 g/mol. The van der Waals surface area contributed by atoms with Crippen molar-refractivity contribution >= 4 is 67.1 Å². The van der Waals surface area contributed by atoms with Gasteiger partial charge in [0.15, 0.2) is 5.13 Å². The number of benzene rings is 1. The zero-order valence-corrected chi connectivity index (χ0v) is 18.1. The molecule has 1 unspecified atom stereocenters. The minimum atomic E-state index is -0.188. The summed E-state index contributed by atoms with van der Waals surface area (Å²) >= 11 is 15.0. The molecule has 0 spiro atoms. The molecule has 142 valence electrons. The van der Waals surface area contributed by atoms with Crippen LogP contribution in [0.5, 0.6) is 0 Å². The second-order valence-corrected chi connectivity index (χ2v) is 9.93. The minimum absolute atomic E-state index is 0.0108. The molecule has 0 aliphatic carbocycles. The molecule has 4 nitrogen and oxygen atoms in total. The quantitative estimate of drug-likeness (QED) is 0.491. The molecule has 1 fully saturated rings. The van der Waals surface area contributed by atoms with Gasteiger partial charge in [0.1, 0.15) is 4.34 Å². The van der Waals surface area contributed by atoms with E-state index in [1.165, 1.54) is 28.2 Å². The van der Waals surface area contributed by atoms with Gasteiger partial charge < -0.3 is 4.74 Å². The molecule has 0 bridgehead atoms. The van der Waals surface area contributed by atoms with Crippen molar-refractivity contribution in [3.8, 4) is 0 Å². The van der Waals surface area contributed by atoms with Crippen molar-refractivity contribution in [1.82, 2.24) is 4.98 Å². The molecule has 1 aliphatic rings. The van der Waals surface area contributed by atoms with Crippen LogP contribution in [0.3, 0.4) is 0 Å². The number of thiophene rings is 1. The Morgan fingerprint density at radius 1 is 1.33 bits per heavy atom. The van der Waals surface area contributed by atoms with Crippen molar-refractivity contribution in [3.05, 3.63) is 43.6 Å². The number of rotatable bonds is 4. The maximum Gasteiger partial charge on any atom is 0.262 e. The van der Waals surface area contributed by atoms with Gasteiger partial charge in [-0.1, -0.05) is 40.6 Å². The van der Waals surface area contributed by atoms with Crippen LogP contribution < -0.4 is 4.90 Å². The van der Waals surface area contributed by atoms with Gasteiger partial charge in [-0.25, -0.2) is 4.98 Å². The zero-order valence-electron chi connectivity index (χ0n) is 14.9. The second kappa shape index (κ2) is 7.68. The number of aromatic nitrogens is 1. The number of anilines is 1. The average Bonchev–Trinajstić information content (AvgIpc) is 3.35. The van der Waals surface area contributed by atoms with Gasteiger partial charge in [0.2, 0.25) is 0 Å². The van der Waals surface area contributed by atoms with E-state index in [0.717, 1.165) is 35.2 Å². The summed E-state index contributed by atoms with van der Waals surface area (Å²) in [5.74, 6) is -0.188. The first kappa shape index (κ1) is 19.2. The number of carbonyl (C=O) groups is 1. The standard InChI is InChI=1S/C19H18Cl2N2O2S2/c1-10-5-6-14-16(11(10)2)22-19(26-14)23(9-12-4-3-7-25-12)18(24)13-8-15(20)27-17(13)21/h5-6,8,12H,3-4,7,9H2,1-2H3. The zero-order chi connectivity index (χ0) is 19.1. The molecular formula is C19H18Cl2N2O2S2. The van der Waals surface area contributed by atoms with Crippen molar-refractivity contribution in [2.75, 3.05) is 18.1 Å². The van der Waals surface area contributed by atoms with Gasteiger partial charge >= 0.3 is 0 Å². The van der Waals surface area contributed by atoms with Crippen molar-refractivity contribution < 1.29 is 9.53 Å². The number of hydrogen-bond acceptors (Lipinski definition) is 5. The van der Waals surface area contributed by atoms with Crippen molar-refractivity contribution in [3.63, 3.8) is 0 Å². The van der Waals surface area contributed by atoms with Gasteiger partial charge in [-0.15, -0.1) is 11.3 Å². The number of carbonyl (C=O) groups excluding carboxylic acids is 1. The van der Waals surface area contributed by atoms with E-state index < -0.39 is 0 Å². The van der Waals surface area contributed by atoms with E-state index in [1.54, 1.807) is 11.0 Å². The molecule has 0 radical (unpaired) electrons. The Morgan fingerprint density at radius 3 is 2.81 bits per heavy atom. The van der Waals surface area contributed by atoms with Gasteiger partial charge in [-0.3, -0.25) is 9.69 Å². The van der Waals surface area contributed by atoms with Gasteiger partial charge in [0, 0.05) is 6.61 Å². The van der Waals surface area contributed by atoms with E-state index >= 15 is 0 Å². The highest BCUT2D eigenvalue weighted by Gasteiger charge is 2.29. The number of amides is 1. The molecule has 0 N–H and O–H groups in total. The number of ether oxygens (including phenoxy) is 1. The summed E-state index contributed by atoms with van der Waals surface area (Å²) in [5, 5.41) is 0.664. The van der Waals surface area contributed by atoms with E-state index in [4.69, 9.17) is 32.9 Å². The number of fused-ring (bicyclic) bond motifs is 1. The molecule has 1 atom stereocenters. The van der Waals surface area contributed by atoms with Crippen LogP contribution in [0.2, 0.25) is 8.67 Å². The lowest BCUT2D eigenvalue weighted by molar-refractivity contribution is 0.0918. The molecule has 0 saturated carbocycles. The van der Waals surface area contributed by atoms with Crippen molar-refractivity contribution in [1.29, 1.82) is 0 Å². The second-order valence-electron chi connectivity index (χ2n) is 6.64. The van der Waals surface area contributed by atoms with Crippen LogP contribution in [-0.4, -0.2) is 30.1 Å². The number of halogens is 2. The Bertz CT molecular complexity index is 1010. The Morgan fingerprint density at radius 2 is 2.15 bits per heavy atom. The van der Waals surface area contributed by atoms with E-state index in [2.05, 4.69) is 26.0 Å². The third kappa shape index (κ3) is 3.74. The summed E-state index contributed by atoms with van der Waals surface area (Å²) in [6, 6.07) is 5.77. The van der Waals surface area contributed by atoms with Crippen molar-refractivity contribution in [2.24, 2.45) is 0 Å². The molecule has 1 saturated heterocycles. The molecule has 27 heavy (non-hydrogen) atoms. The van der Waals surface area contributed by atoms with Crippen LogP contribution in [0, 0.1) is 13.8 Å². The molecule has 3 aromatic rings. The maximum atomic E-state index is 13.3. The summed E-state index contributed by atoms with van der Waals surface area (Å²) < 4.78 is 7.73. The predicted molar refractivity (Wildman–Crippen MR) is 114 cm³/mol. The summed E-state index contributed by atoms with van der Waals surface area (Å²) in [5.41, 5.74) is 3.67. The molecule has 1 aromatic carbocycles. The fourth-order valence-electron chi connectivity index (χ4n) is 3.20. The van der Waals surface area contributed by atoms with E-state index in [9.17, 15) is 4.79 Å². The van der Waals surface area contributed by atoms with Crippen LogP contribution >= 0.6 is 45.9 Å². The predicted octanol–water partition coefficient (Wildman–Crippen LogP) is 6.11. The van der Waals surface area contributed by atoms with E-state index in [1.807, 2.05) is 0 Å². The molecule has 3 heterocycles. The Labute approximate surface area is 175 Å². The first-order chi connectivity index (χ1) is 12.9. The van der Waals surface area contributed by atoms with Crippen LogP contribution in [0.1, 0.15) is 34.3 Å². The van der Waals surface area contributed by atoms with Gasteiger partial charge in [-0.2, -0.15) is 0 Å².